The van der Waals surface area contributed by atoms with E-state index in [2.05, 4.69) is 25.9 Å². The number of rotatable bonds is 4. The molecule has 0 saturated heterocycles. The van der Waals surface area contributed by atoms with Crippen molar-refractivity contribution in [1.29, 1.82) is 0 Å². The Kier molecular flexibility index (Phi) is 4.30. The number of carboxylic acid groups (broad SMARTS) is 1. The van der Waals surface area contributed by atoms with Gasteiger partial charge in [-0.15, -0.1) is 0 Å². The summed E-state index contributed by atoms with van der Waals surface area (Å²) in [5.74, 6) is -1.26. The fourth-order valence-electron chi connectivity index (χ4n) is 1.29. The van der Waals surface area contributed by atoms with Crippen molar-refractivity contribution in [2.24, 2.45) is 0 Å². The number of carboxylic acids is 1. The fraction of sp³-hybridized carbons (Fsp3) is 0. The van der Waals surface area contributed by atoms with Crippen molar-refractivity contribution in [2.45, 2.75) is 10.1 Å². The minimum Gasteiger partial charge on any atom is -0.478 e. The number of hydrogen-bond donors (Lipinski definition) is 1. The molecule has 0 aromatic carbocycles. The Bertz CT molecular complexity index is 678. The summed E-state index contributed by atoms with van der Waals surface area (Å²) in [7, 11) is 0. The van der Waals surface area contributed by atoms with Crippen LogP contribution in [-0.4, -0.2) is 26.0 Å². The zero-order valence-corrected chi connectivity index (χ0v) is 12.1. The fourth-order valence-corrected chi connectivity index (χ4v) is 2.31. The van der Waals surface area contributed by atoms with Gasteiger partial charge >= 0.3 is 11.7 Å². The van der Waals surface area contributed by atoms with Crippen LogP contribution in [0.5, 0.6) is 0 Å². The Balaban J connectivity index is 2.38. The lowest BCUT2D eigenvalue weighted by molar-refractivity contribution is -0.388. The van der Waals surface area contributed by atoms with Gasteiger partial charge in [0.15, 0.2) is 5.03 Å². The molecule has 0 atom stereocenters. The largest absolute Gasteiger partial charge is 0.478 e. The van der Waals surface area contributed by atoms with Crippen LogP contribution in [0.25, 0.3) is 0 Å². The Morgan fingerprint density at radius 2 is 2.10 bits per heavy atom. The van der Waals surface area contributed by atoms with Gasteiger partial charge in [-0.3, -0.25) is 10.1 Å². The van der Waals surface area contributed by atoms with Gasteiger partial charge in [-0.2, -0.15) is 0 Å². The lowest BCUT2D eigenvalue weighted by atomic mass is 10.3. The van der Waals surface area contributed by atoms with Gasteiger partial charge in [0, 0.05) is 22.9 Å². The molecule has 1 N–H and O–H groups in total. The average Bonchev–Trinajstić information content (AvgIpc) is 2.41. The second-order valence-electron chi connectivity index (χ2n) is 3.53. The monoisotopic (exact) mass is 355 g/mol. The van der Waals surface area contributed by atoms with Crippen molar-refractivity contribution in [2.75, 3.05) is 0 Å². The number of aromatic carboxylic acids is 1. The van der Waals surface area contributed by atoms with Crippen molar-refractivity contribution in [3.05, 3.63) is 50.7 Å². The lowest BCUT2D eigenvalue weighted by Crippen LogP contribution is -2.01. The second kappa shape index (κ2) is 5.97. The van der Waals surface area contributed by atoms with E-state index in [-0.39, 0.29) is 16.3 Å². The van der Waals surface area contributed by atoms with E-state index < -0.39 is 10.9 Å². The molecule has 0 unspecified atom stereocenters. The third kappa shape index (κ3) is 3.31. The molecule has 0 aliphatic carbocycles. The molecule has 7 nitrogen and oxygen atoms in total. The van der Waals surface area contributed by atoms with Crippen LogP contribution >= 0.6 is 27.7 Å². The maximum absolute atomic E-state index is 11.0. The second-order valence-corrected chi connectivity index (χ2v) is 5.45. The normalized spacial score (nSPS) is 10.2. The molecule has 2 aromatic heterocycles. The first kappa shape index (κ1) is 14.4. The van der Waals surface area contributed by atoms with Crippen LogP contribution in [0.4, 0.5) is 5.69 Å². The van der Waals surface area contributed by atoms with Gasteiger partial charge in [0.05, 0.1) is 10.5 Å². The van der Waals surface area contributed by atoms with Crippen molar-refractivity contribution in [3.63, 3.8) is 0 Å². The van der Waals surface area contributed by atoms with Crippen molar-refractivity contribution >= 4 is 39.3 Å². The van der Waals surface area contributed by atoms with Crippen LogP contribution in [0.3, 0.4) is 0 Å². The van der Waals surface area contributed by atoms with E-state index in [4.69, 9.17) is 5.11 Å². The molecular weight excluding hydrogens is 350 g/mol. The summed E-state index contributed by atoms with van der Waals surface area (Å²) in [4.78, 5) is 29.0. The predicted molar refractivity (Wildman–Crippen MR) is 73.9 cm³/mol. The zero-order chi connectivity index (χ0) is 14.7. The number of nitro groups is 1. The van der Waals surface area contributed by atoms with Crippen LogP contribution in [-0.2, 0) is 0 Å². The molecule has 0 saturated carbocycles. The number of pyridine rings is 2. The number of halogens is 1. The van der Waals surface area contributed by atoms with Gasteiger partial charge in [0.25, 0.3) is 0 Å². The minimum absolute atomic E-state index is 0.0924. The number of hydrogen-bond acceptors (Lipinski definition) is 6. The summed E-state index contributed by atoms with van der Waals surface area (Å²) in [5, 5.41) is 20.4. The van der Waals surface area contributed by atoms with Gasteiger partial charge in [-0.25, -0.2) is 14.8 Å². The first-order chi connectivity index (χ1) is 9.47. The number of aromatic nitrogens is 2. The highest BCUT2D eigenvalue weighted by molar-refractivity contribution is 9.10. The highest BCUT2D eigenvalue weighted by atomic mass is 79.9. The smallest absolute Gasteiger partial charge is 0.337 e. The highest BCUT2D eigenvalue weighted by Gasteiger charge is 2.20. The Morgan fingerprint density at radius 1 is 1.35 bits per heavy atom. The molecule has 0 amide bonds. The van der Waals surface area contributed by atoms with Crippen molar-refractivity contribution in [1.82, 2.24) is 9.97 Å². The summed E-state index contributed by atoms with van der Waals surface area (Å²) in [5.41, 5.74) is -0.593. The Hall–Kier alpha value is -2.00. The van der Waals surface area contributed by atoms with Gasteiger partial charge in [0.1, 0.15) is 5.03 Å². The van der Waals surface area contributed by atoms with E-state index in [1.54, 1.807) is 18.3 Å². The molecule has 2 rings (SSSR count). The van der Waals surface area contributed by atoms with E-state index in [0.29, 0.717) is 5.03 Å². The molecule has 20 heavy (non-hydrogen) atoms. The molecule has 102 valence electrons. The van der Waals surface area contributed by atoms with Crippen LogP contribution in [0.15, 0.2) is 45.1 Å². The van der Waals surface area contributed by atoms with E-state index in [1.165, 1.54) is 0 Å². The summed E-state index contributed by atoms with van der Waals surface area (Å²) in [6, 6.07) is 4.40. The summed E-state index contributed by atoms with van der Waals surface area (Å²) in [6.45, 7) is 0. The van der Waals surface area contributed by atoms with Crippen LogP contribution < -0.4 is 0 Å². The molecule has 0 aliphatic rings. The summed E-state index contributed by atoms with van der Waals surface area (Å²) >= 11 is 4.23. The Labute approximate surface area is 125 Å². The lowest BCUT2D eigenvalue weighted by Gasteiger charge is -2.02. The first-order valence-corrected chi connectivity index (χ1v) is 6.75. The van der Waals surface area contributed by atoms with Crippen LogP contribution in [0, 0.1) is 10.1 Å². The third-order valence-corrected chi connectivity index (χ3v) is 3.60. The quantitative estimate of drug-likeness (QED) is 0.663. The molecule has 0 radical (unpaired) electrons. The topological polar surface area (TPSA) is 106 Å². The molecule has 2 heterocycles. The van der Waals surface area contributed by atoms with E-state index in [9.17, 15) is 14.9 Å². The zero-order valence-electron chi connectivity index (χ0n) is 9.69. The van der Waals surface area contributed by atoms with E-state index in [0.717, 1.165) is 28.5 Å². The minimum atomic E-state index is -1.26. The molecule has 0 bridgehead atoms. The summed E-state index contributed by atoms with van der Waals surface area (Å²) < 4.78 is 0.783. The maximum Gasteiger partial charge on any atom is 0.337 e. The number of carbonyl (C=O) groups is 1. The molecule has 9 heteroatoms. The van der Waals surface area contributed by atoms with Gasteiger partial charge in [-0.05, 0) is 39.8 Å². The maximum atomic E-state index is 11.0. The van der Waals surface area contributed by atoms with Gasteiger partial charge in [0.2, 0.25) is 0 Å². The summed E-state index contributed by atoms with van der Waals surface area (Å²) in [6.07, 6.45) is 2.64. The van der Waals surface area contributed by atoms with Gasteiger partial charge < -0.3 is 5.11 Å². The standard InChI is InChI=1S/C11H6BrN3O4S/c12-7-1-2-9(13-5-7)20-10-8(15(18)19)3-6(4-14-10)11(16)17/h1-5H,(H,16,17). The molecule has 0 spiro atoms. The molecule has 0 aliphatic heterocycles. The molecular formula is C11H6BrN3O4S. The Morgan fingerprint density at radius 3 is 2.65 bits per heavy atom. The predicted octanol–water partition coefficient (Wildman–Crippen LogP) is 3.00. The molecule has 2 aromatic rings. The first-order valence-electron chi connectivity index (χ1n) is 5.14. The van der Waals surface area contributed by atoms with E-state index >= 15 is 0 Å². The SMILES string of the molecule is O=C(O)c1cnc(Sc2ccc(Br)cn2)c([N+](=O)[O-])c1. The van der Waals surface area contributed by atoms with E-state index in [1.807, 2.05) is 0 Å². The van der Waals surface area contributed by atoms with Crippen LogP contribution in [0.1, 0.15) is 10.4 Å². The van der Waals surface area contributed by atoms with Crippen LogP contribution in [0.2, 0.25) is 0 Å². The third-order valence-electron chi connectivity index (χ3n) is 2.18. The van der Waals surface area contributed by atoms with Crippen molar-refractivity contribution in [3.8, 4) is 0 Å². The highest BCUT2D eigenvalue weighted by Crippen LogP contribution is 2.32. The van der Waals surface area contributed by atoms with Crippen molar-refractivity contribution < 1.29 is 14.8 Å². The van der Waals surface area contributed by atoms with Gasteiger partial charge in [-0.1, -0.05) is 0 Å². The average molecular weight is 356 g/mol. The number of nitrogens with zero attached hydrogens (tertiary/aromatic N) is 3. The molecule has 0 fully saturated rings.